The van der Waals surface area contributed by atoms with Crippen molar-refractivity contribution in [1.82, 2.24) is 4.90 Å². The van der Waals surface area contributed by atoms with E-state index in [9.17, 15) is 27.2 Å². The summed E-state index contributed by atoms with van der Waals surface area (Å²) in [5.41, 5.74) is -2.78. The maximum Gasteiger partial charge on any atom is 0.416 e. The highest BCUT2D eigenvalue weighted by atomic mass is 19.4. The largest absolute Gasteiger partial charge is 0.479 e. The molecule has 0 aromatic heterocycles. The highest BCUT2D eigenvalue weighted by Crippen LogP contribution is 2.50. The van der Waals surface area contributed by atoms with Crippen molar-refractivity contribution in [2.24, 2.45) is 5.92 Å². The van der Waals surface area contributed by atoms with E-state index in [0.717, 1.165) is 17.0 Å². The Morgan fingerprint density at radius 2 is 2.00 bits per heavy atom. The van der Waals surface area contributed by atoms with Crippen LogP contribution in [0.25, 0.3) is 0 Å². The molecule has 1 saturated carbocycles. The second-order valence-electron chi connectivity index (χ2n) is 6.35. The van der Waals surface area contributed by atoms with E-state index >= 15 is 0 Å². The Balaban J connectivity index is 1.68. The fourth-order valence-corrected chi connectivity index (χ4v) is 3.15. The predicted molar refractivity (Wildman–Crippen MR) is 75.0 cm³/mol. The van der Waals surface area contributed by atoms with Crippen LogP contribution in [0.4, 0.5) is 17.6 Å². The minimum Gasteiger partial charge on any atom is -0.479 e. The van der Waals surface area contributed by atoms with E-state index < -0.39 is 41.7 Å². The number of hydrogen-bond donors (Lipinski definition) is 1. The van der Waals surface area contributed by atoms with Gasteiger partial charge in [0, 0.05) is 18.9 Å². The summed E-state index contributed by atoms with van der Waals surface area (Å²) in [5.74, 6) is -2.83. The van der Waals surface area contributed by atoms with Crippen molar-refractivity contribution in [2.75, 3.05) is 13.1 Å². The highest BCUT2D eigenvalue weighted by molar-refractivity contribution is 5.86. The van der Waals surface area contributed by atoms with Gasteiger partial charge in [0.2, 0.25) is 11.6 Å². The van der Waals surface area contributed by atoms with Crippen molar-refractivity contribution >= 4 is 11.9 Å². The lowest BCUT2D eigenvalue weighted by molar-refractivity contribution is -0.150. The fraction of sp³-hybridized carbons (Fsp3) is 0.500. The summed E-state index contributed by atoms with van der Waals surface area (Å²) in [6, 6.07) is 4.82. The van der Waals surface area contributed by atoms with Crippen LogP contribution in [0.15, 0.2) is 24.3 Å². The summed E-state index contributed by atoms with van der Waals surface area (Å²) >= 11 is 0. The van der Waals surface area contributed by atoms with Crippen LogP contribution >= 0.6 is 0 Å². The molecule has 8 heteroatoms. The summed E-state index contributed by atoms with van der Waals surface area (Å²) in [5, 5.41) is 8.84. The number of carbonyl (C=O) groups is 2. The molecule has 1 aromatic carbocycles. The van der Waals surface area contributed by atoms with Crippen LogP contribution in [0.5, 0.6) is 0 Å². The van der Waals surface area contributed by atoms with Crippen LogP contribution in [-0.2, 0) is 15.8 Å². The van der Waals surface area contributed by atoms with Gasteiger partial charge in [0.15, 0.2) is 0 Å². The van der Waals surface area contributed by atoms with Gasteiger partial charge in [-0.2, -0.15) is 13.2 Å². The van der Waals surface area contributed by atoms with Crippen LogP contribution < -0.4 is 0 Å². The minimum atomic E-state index is -4.45. The fourth-order valence-electron chi connectivity index (χ4n) is 3.15. The van der Waals surface area contributed by atoms with Crippen LogP contribution in [0, 0.1) is 5.92 Å². The quantitative estimate of drug-likeness (QED) is 0.857. The van der Waals surface area contributed by atoms with E-state index in [4.69, 9.17) is 5.11 Å². The number of alkyl halides is 4. The average molecular weight is 345 g/mol. The maximum atomic E-state index is 14.0. The van der Waals surface area contributed by atoms with Crippen molar-refractivity contribution in [2.45, 2.75) is 30.6 Å². The van der Waals surface area contributed by atoms with E-state index in [1.807, 2.05) is 0 Å². The molecule has 24 heavy (non-hydrogen) atoms. The Hall–Kier alpha value is -2.12. The minimum absolute atomic E-state index is 0.00739. The van der Waals surface area contributed by atoms with Crippen LogP contribution in [0.3, 0.4) is 0 Å². The zero-order valence-corrected chi connectivity index (χ0v) is 12.5. The van der Waals surface area contributed by atoms with Gasteiger partial charge in [-0.05, 0) is 24.0 Å². The molecule has 0 bridgehead atoms. The molecule has 0 radical (unpaired) electrons. The Labute approximate surface area is 135 Å². The summed E-state index contributed by atoms with van der Waals surface area (Å²) in [6.07, 6.45) is -4.33. The zero-order valence-electron chi connectivity index (χ0n) is 12.5. The number of benzene rings is 1. The first kappa shape index (κ1) is 16.7. The molecule has 3 rings (SSSR count). The van der Waals surface area contributed by atoms with E-state index in [0.29, 0.717) is 12.0 Å². The lowest BCUT2D eigenvalue weighted by Crippen LogP contribution is -2.39. The summed E-state index contributed by atoms with van der Waals surface area (Å²) in [7, 11) is 0. The van der Waals surface area contributed by atoms with Crippen LogP contribution in [0.1, 0.15) is 29.9 Å². The highest BCUT2D eigenvalue weighted by Gasteiger charge is 2.52. The number of halogens is 4. The second kappa shape index (κ2) is 5.46. The lowest BCUT2D eigenvalue weighted by atomic mass is 10.0. The Morgan fingerprint density at radius 3 is 2.58 bits per heavy atom. The molecule has 1 aliphatic carbocycles. The van der Waals surface area contributed by atoms with Crippen molar-refractivity contribution < 1.29 is 32.3 Å². The van der Waals surface area contributed by atoms with Gasteiger partial charge in [-0.1, -0.05) is 18.2 Å². The molecule has 130 valence electrons. The van der Waals surface area contributed by atoms with E-state index in [1.165, 1.54) is 12.1 Å². The number of aliphatic carboxylic acids is 1. The number of carbonyl (C=O) groups excluding carboxylic acids is 1. The Kier molecular flexibility index (Phi) is 3.80. The molecule has 1 amide bonds. The molecule has 0 spiro atoms. The van der Waals surface area contributed by atoms with Crippen molar-refractivity contribution in [3.05, 3.63) is 35.4 Å². The Bertz CT molecular complexity index is 690. The first-order valence-electron chi connectivity index (χ1n) is 7.50. The third-order valence-electron chi connectivity index (χ3n) is 4.66. The van der Waals surface area contributed by atoms with Gasteiger partial charge in [0.25, 0.3) is 0 Å². The van der Waals surface area contributed by atoms with Crippen LogP contribution in [0.2, 0.25) is 0 Å². The molecule has 1 N–H and O–H groups in total. The normalized spacial score (nSPS) is 29.6. The molecular formula is C16H15F4NO3. The lowest BCUT2D eigenvalue weighted by Gasteiger charge is -2.18. The maximum absolute atomic E-state index is 14.0. The standard InChI is InChI=1S/C16H15F4NO3/c17-15(14(23)24)4-5-21(8-15)13(22)12-7-11(12)9-2-1-3-10(6-9)16(18,19)20/h1-3,6,11-12H,4-5,7-8H2,(H,23,24). The first-order chi connectivity index (χ1) is 11.1. The van der Waals surface area contributed by atoms with Crippen molar-refractivity contribution in [3.63, 3.8) is 0 Å². The molecule has 4 nitrogen and oxygen atoms in total. The topological polar surface area (TPSA) is 57.6 Å². The molecule has 3 unspecified atom stereocenters. The van der Waals surface area contributed by atoms with Gasteiger partial charge in [-0.25, -0.2) is 9.18 Å². The average Bonchev–Trinajstić information content (AvgIpc) is 3.21. The molecule has 1 heterocycles. The van der Waals surface area contributed by atoms with Gasteiger partial charge in [-0.3, -0.25) is 4.79 Å². The molecule has 2 aliphatic rings. The molecule has 1 saturated heterocycles. The number of carboxylic acids is 1. The van der Waals surface area contributed by atoms with E-state index in [-0.39, 0.29) is 18.9 Å². The molecule has 1 aliphatic heterocycles. The van der Waals surface area contributed by atoms with Gasteiger partial charge in [0.05, 0.1) is 12.1 Å². The number of hydrogen-bond acceptors (Lipinski definition) is 2. The van der Waals surface area contributed by atoms with Crippen LogP contribution in [-0.4, -0.2) is 40.6 Å². The van der Waals surface area contributed by atoms with Gasteiger partial charge in [0.1, 0.15) is 0 Å². The van der Waals surface area contributed by atoms with Crippen molar-refractivity contribution in [3.8, 4) is 0 Å². The number of nitrogens with zero attached hydrogens (tertiary/aromatic N) is 1. The monoisotopic (exact) mass is 345 g/mol. The Morgan fingerprint density at radius 1 is 1.29 bits per heavy atom. The summed E-state index contributed by atoms with van der Waals surface area (Å²) in [4.78, 5) is 24.4. The number of rotatable bonds is 3. The summed E-state index contributed by atoms with van der Waals surface area (Å²) in [6.45, 7) is -0.500. The third kappa shape index (κ3) is 2.97. The zero-order chi connectivity index (χ0) is 17.7. The van der Waals surface area contributed by atoms with E-state index in [2.05, 4.69) is 0 Å². The smallest absolute Gasteiger partial charge is 0.416 e. The second-order valence-corrected chi connectivity index (χ2v) is 6.35. The number of likely N-dealkylation sites (tertiary alicyclic amines) is 1. The van der Waals surface area contributed by atoms with E-state index in [1.54, 1.807) is 0 Å². The van der Waals surface area contributed by atoms with Gasteiger partial charge in [-0.15, -0.1) is 0 Å². The summed E-state index contributed by atoms with van der Waals surface area (Å²) < 4.78 is 52.2. The van der Waals surface area contributed by atoms with Crippen molar-refractivity contribution in [1.29, 1.82) is 0 Å². The molecule has 1 aromatic rings. The SMILES string of the molecule is O=C(C1CC1c1cccc(C(F)(F)F)c1)N1CCC(F)(C(=O)O)C1. The third-order valence-corrected chi connectivity index (χ3v) is 4.66. The predicted octanol–water partition coefficient (Wildman–Crippen LogP) is 2.83. The number of carboxylic acid groups (broad SMARTS) is 1. The molecular weight excluding hydrogens is 330 g/mol. The number of amides is 1. The van der Waals surface area contributed by atoms with Gasteiger partial charge >= 0.3 is 12.1 Å². The molecule has 2 fully saturated rings. The molecule has 3 atom stereocenters. The van der Waals surface area contributed by atoms with Gasteiger partial charge < -0.3 is 10.0 Å². The first-order valence-corrected chi connectivity index (χ1v) is 7.50.